The molecule has 0 atom stereocenters. The minimum absolute atomic E-state index is 0.127. The lowest BCUT2D eigenvalue weighted by molar-refractivity contribution is -0.122. The molecule has 0 bridgehead atoms. The lowest BCUT2D eigenvalue weighted by Crippen LogP contribution is -2.37. The summed E-state index contributed by atoms with van der Waals surface area (Å²) < 4.78 is 0. The smallest absolute Gasteiger partial charge is 0.238 e. The van der Waals surface area contributed by atoms with E-state index in [-0.39, 0.29) is 24.9 Å². The summed E-state index contributed by atoms with van der Waals surface area (Å²) in [5, 5.41) is 5.22. The SMILES string of the molecule is CNC(=O)CN(C)CC(=O)Nc1ccc(N)cc1. The normalized spacial score (nSPS) is 10.2. The standard InChI is InChI=1S/C12H18N4O2/c1-14-11(17)7-16(2)8-12(18)15-10-5-3-9(13)4-6-10/h3-6H,7-8,13H2,1-2H3,(H,14,17)(H,15,18). The molecule has 2 amide bonds. The first-order valence-corrected chi connectivity index (χ1v) is 5.56. The highest BCUT2D eigenvalue weighted by molar-refractivity contribution is 5.92. The van der Waals surface area contributed by atoms with Crippen LogP contribution in [0.3, 0.4) is 0 Å². The lowest BCUT2D eigenvalue weighted by atomic mass is 10.3. The van der Waals surface area contributed by atoms with Gasteiger partial charge < -0.3 is 16.4 Å². The number of benzene rings is 1. The molecule has 98 valence electrons. The molecule has 1 rings (SSSR count). The van der Waals surface area contributed by atoms with Crippen molar-refractivity contribution in [3.8, 4) is 0 Å². The Morgan fingerprint density at radius 1 is 1.17 bits per heavy atom. The number of anilines is 2. The van der Waals surface area contributed by atoms with Gasteiger partial charge in [0.05, 0.1) is 13.1 Å². The summed E-state index contributed by atoms with van der Waals surface area (Å²) in [5.74, 6) is -0.302. The summed E-state index contributed by atoms with van der Waals surface area (Å²) >= 11 is 0. The van der Waals surface area contributed by atoms with E-state index < -0.39 is 0 Å². The summed E-state index contributed by atoms with van der Waals surface area (Å²) in [7, 11) is 3.27. The molecule has 0 aliphatic rings. The van der Waals surface area contributed by atoms with Crippen molar-refractivity contribution >= 4 is 23.2 Å². The van der Waals surface area contributed by atoms with Gasteiger partial charge in [0.2, 0.25) is 11.8 Å². The van der Waals surface area contributed by atoms with Gasteiger partial charge in [-0.05, 0) is 31.3 Å². The highest BCUT2D eigenvalue weighted by atomic mass is 16.2. The number of nitrogens with two attached hydrogens (primary N) is 1. The molecule has 1 aromatic carbocycles. The van der Waals surface area contributed by atoms with Crippen molar-refractivity contribution in [2.45, 2.75) is 0 Å². The Hall–Kier alpha value is -2.08. The van der Waals surface area contributed by atoms with Crippen molar-refractivity contribution in [1.82, 2.24) is 10.2 Å². The Morgan fingerprint density at radius 2 is 1.72 bits per heavy atom. The molecule has 0 radical (unpaired) electrons. The Kier molecular flexibility index (Phi) is 5.13. The van der Waals surface area contributed by atoms with Gasteiger partial charge in [-0.1, -0.05) is 0 Å². The van der Waals surface area contributed by atoms with Crippen LogP contribution in [0.15, 0.2) is 24.3 Å². The van der Waals surface area contributed by atoms with Crippen LogP contribution in [0.4, 0.5) is 11.4 Å². The zero-order valence-electron chi connectivity index (χ0n) is 10.6. The lowest BCUT2D eigenvalue weighted by Gasteiger charge is -2.15. The van der Waals surface area contributed by atoms with Crippen molar-refractivity contribution in [1.29, 1.82) is 0 Å². The zero-order chi connectivity index (χ0) is 13.5. The number of hydrogen-bond acceptors (Lipinski definition) is 4. The number of nitrogens with one attached hydrogen (secondary N) is 2. The number of amides is 2. The average Bonchev–Trinajstić information content (AvgIpc) is 2.31. The van der Waals surface area contributed by atoms with Crippen LogP contribution in [0.2, 0.25) is 0 Å². The van der Waals surface area contributed by atoms with Gasteiger partial charge in [-0.3, -0.25) is 14.5 Å². The van der Waals surface area contributed by atoms with E-state index in [1.54, 1.807) is 43.3 Å². The minimum atomic E-state index is -0.175. The van der Waals surface area contributed by atoms with Crippen LogP contribution in [-0.4, -0.2) is 43.9 Å². The predicted molar refractivity (Wildman–Crippen MR) is 71.0 cm³/mol. The van der Waals surface area contributed by atoms with Crippen molar-refractivity contribution < 1.29 is 9.59 Å². The largest absolute Gasteiger partial charge is 0.399 e. The molecule has 1 aromatic rings. The third-order valence-corrected chi connectivity index (χ3v) is 2.30. The number of carbonyl (C=O) groups excluding carboxylic acids is 2. The molecule has 0 aromatic heterocycles. The Labute approximate surface area is 106 Å². The van der Waals surface area contributed by atoms with Crippen molar-refractivity contribution in [3.63, 3.8) is 0 Å². The van der Waals surface area contributed by atoms with Gasteiger partial charge in [0.1, 0.15) is 0 Å². The highest BCUT2D eigenvalue weighted by Crippen LogP contribution is 2.10. The zero-order valence-corrected chi connectivity index (χ0v) is 10.6. The minimum Gasteiger partial charge on any atom is -0.399 e. The van der Waals surface area contributed by atoms with Gasteiger partial charge in [0, 0.05) is 18.4 Å². The first-order chi connectivity index (χ1) is 8.51. The van der Waals surface area contributed by atoms with Crippen LogP contribution >= 0.6 is 0 Å². The van der Waals surface area contributed by atoms with E-state index >= 15 is 0 Å². The van der Waals surface area contributed by atoms with E-state index in [1.807, 2.05) is 0 Å². The Bertz CT molecular complexity index is 417. The van der Waals surface area contributed by atoms with Gasteiger partial charge in [-0.2, -0.15) is 0 Å². The fourth-order valence-corrected chi connectivity index (χ4v) is 1.39. The molecule has 6 heteroatoms. The van der Waals surface area contributed by atoms with E-state index in [0.717, 1.165) is 0 Å². The molecule has 18 heavy (non-hydrogen) atoms. The maximum Gasteiger partial charge on any atom is 0.238 e. The highest BCUT2D eigenvalue weighted by Gasteiger charge is 2.09. The maximum atomic E-state index is 11.7. The predicted octanol–water partition coefficient (Wildman–Crippen LogP) is -0.115. The van der Waals surface area contributed by atoms with E-state index in [0.29, 0.717) is 11.4 Å². The van der Waals surface area contributed by atoms with Crippen LogP contribution in [-0.2, 0) is 9.59 Å². The number of hydrogen-bond donors (Lipinski definition) is 3. The second kappa shape index (κ2) is 6.61. The Morgan fingerprint density at radius 3 is 2.28 bits per heavy atom. The van der Waals surface area contributed by atoms with E-state index in [2.05, 4.69) is 10.6 Å². The van der Waals surface area contributed by atoms with Gasteiger partial charge in [-0.25, -0.2) is 0 Å². The number of nitrogens with zero attached hydrogens (tertiary/aromatic N) is 1. The third kappa shape index (κ3) is 4.84. The van der Waals surface area contributed by atoms with Crippen LogP contribution in [0.5, 0.6) is 0 Å². The van der Waals surface area contributed by atoms with E-state index in [9.17, 15) is 9.59 Å². The summed E-state index contributed by atoms with van der Waals surface area (Å²) in [4.78, 5) is 24.4. The fraction of sp³-hybridized carbons (Fsp3) is 0.333. The molecule has 4 N–H and O–H groups in total. The van der Waals surface area contributed by atoms with Crippen molar-refractivity contribution in [2.75, 3.05) is 38.2 Å². The number of rotatable bonds is 5. The summed E-state index contributed by atoms with van der Waals surface area (Å²) in [5.41, 5.74) is 6.87. The fourth-order valence-electron chi connectivity index (χ4n) is 1.39. The molecule has 0 heterocycles. The van der Waals surface area contributed by atoms with Crippen molar-refractivity contribution in [3.05, 3.63) is 24.3 Å². The second-order valence-electron chi connectivity index (χ2n) is 4.02. The maximum absolute atomic E-state index is 11.7. The quantitative estimate of drug-likeness (QED) is 0.636. The third-order valence-electron chi connectivity index (χ3n) is 2.30. The summed E-state index contributed by atoms with van der Waals surface area (Å²) in [6, 6.07) is 6.88. The van der Waals surface area contributed by atoms with Gasteiger partial charge in [0.25, 0.3) is 0 Å². The first kappa shape index (κ1) is 14.0. The monoisotopic (exact) mass is 250 g/mol. The van der Waals surface area contributed by atoms with Gasteiger partial charge in [0.15, 0.2) is 0 Å². The topological polar surface area (TPSA) is 87.5 Å². The molecule has 0 fully saturated rings. The molecule has 0 saturated heterocycles. The van der Waals surface area contributed by atoms with E-state index in [4.69, 9.17) is 5.73 Å². The molecular formula is C12H18N4O2. The average molecular weight is 250 g/mol. The molecule has 0 saturated carbocycles. The van der Waals surface area contributed by atoms with Crippen LogP contribution < -0.4 is 16.4 Å². The van der Waals surface area contributed by atoms with Gasteiger partial charge >= 0.3 is 0 Å². The molecule has 0 aliphatic heterocycles. The number of nitrogen functional groups attached to an aromatic ring is 1. The second-order valence-corrected chi connectivity index (χ2v) is 4.02. The molecule has 0 unspecified atom stereocenters. The van der Waals surface area contributed by atoms with E-state index in [1.165, 1.54) is 0 Å². The Balaban J connectivity index is 2.41. The van der Waals surface area contributed by atoms with Crippen molar-refractivity contribution in [2.24, 2.45) is 0 Å². The molecular weight excluding hydrogens is 232 g/mol. The summed E-state index contributed by atoms with van der Waals surface area (Å²) in [6.07, 6.45) is 0. The first-order valence-electron chi connectivity index (χ1n) is 5.56. The number of likely N-dealkylation sites (N-methyl/N-ethyl adjacent to an activating group) is 2. The number of carbonyl (C=O) groups is 2. The summed E-state index contributed by atoms with van der Waals surface area (Å²) in [6.45, 7) is 0.337. The van der Waals surface area contributed by atoms with Crippen LogP contribution in [0, 0.1) is 0 Å². The van der Waals surface area contributed by atoms with Gasteiger partial charge in [-0.15, -0.1) is 0 Å². The van der Waals surface area contributed by atoms with Crippen LogP contribution in [0.25, 0.3) is 0 Å². The van der Waals surface area contributed by atoms with Crippen LogP contribution in [0.1, 0.15) is 0 Å². The molecule has 6 nitrogen and oxygen atoms in total. The molecule has 0 spiro atoms. The molecule has 0 aliphatic carbocycles.